The van der Waals surface area contributed by atoms with Crippen LogP contribution in [0, 0.1) is 19.7 Å². The molecule has 4 heteroatoms. The van der Waals surface area contributed by atoms with Gasteiger partial charge in [0.05, 0.1) is 6.04 Å². The first-order chi connectivity index (χ1) is 9.52. The highest BCUT2D eigenvalue weighted by molar-refractivity contribution is 9.10. The molecule has 1 heterocycles. The van der Waals surface area contributed by atoms with Crippen molar-refractivity contribution in [2.24, 2.45) is 0 Å². The van der Waals surface area contributed by atoms with Crippen LogP contribution in [0.1, 0.15) is 40.3 Å². The summed E-state index contributed by atoms with van der Waals surface area (Å²) in [6.45, 7) is 7.18. The molecule has 0 spiro atoms. The van der Waals surface area contributed by atoms with Crippen molar-refractivity contribution in [2.75, 3.05) is 6.54 Å². The quantitative estimate of drug-likeness (QED) is 0.761. The minimum absolute atomic E-state index is 0.0857. The molecule has 0 aliphatic heterocycles. The fraction of sp³-hybridized carbons (Fsp3) is 0.375. The maximum atomic E-state index is 14.2. The van der Waals surface area contributed by atoms with E-state index in [-0.39, 0.29) is 11.9 Å². The van der Waals surface area contributed by atoms with Crippen molar-refractivity contribution in [1.82, 2.24) is 5.32 Å². The van der Waals surface area contributed by atoms with Gasteiger partial charge in [-0.3, -0.25) is 0 Å². The highest BCUT2D eigenvalue weighted by Crippen LogP contribution is 2.33. The average Bonchev–Trinajstić information content (AvgIpc) is 2.73. The van der Waals surface area contributed by atoms with E-state index < -0.39 is 0 Å². The highest BCUT2D eigenvalue weighted by atomic mass is 79.9. The first-order valence-electron chi connectivity index (χ1n) is 6.78. The van der Waals surface area contributed by atoms with Gasteiger partial charge in [0.15, 0.2) is 0 Å². The van der Waals surface area contributed by atoms with Gasteiger partial charge in [0.2, 0.25) is 0 Å². The Morgan fingerprint density at radius 1 is 1.25 bits per heavy atom. The molecule has 1 aromatic carbocycles. The Kier molecular flexibility index (Phi) is 5.35. The first-order valence-corrected chi connectivity index (χ1v) is 8.39. The predicted molar refractivity (Wildman–Crippen MR) is 88.0 cm³/mol. The highest BCUT2D eigenvalue weighted by Gasteiger charge is 2.20. The second-order valence-corrected chi connectivity index (χ2v) is 7.30. The van der Waals surface area contributed by atoms with Crippen LogP contribution < -0.4 is 5.32 Å². The van der Waals surface area contributed by atoms with E-state index in [2.05, 4.69) is 48.1 Å². The van der Waals surface area contributed by atoms with Gasteiger partial charge in [0.1, 0.15) is 5.82 Å². The Morgan fingerprint density at radius 2 is 2.00 bits per heavy atom. The summed E-state index contributed by atoms with van der Waals surface area (Å²) in [5, 5.41) is 3.47. The molecule has 0 fully saturated rings. The molecule has 0 aliphatic rings. The normalized spacial score (nSPS) is 12.7. The smallest absolute Gasteiger partial charge is 0.128 e. The largest absolute Gasteiger partial charge is 0.306 e. The summed E-state index contributed by atoms with van der Waals surface area (Å²) in [7, 11) is 0. The summed E-state index contributed by atoms with van der Waals surface area (Å²) < 4.78 is 15.1. The molecule has 1 N–H and O–H groups in total. The van der Waals surface area contributed by atoms with Crippen LogP contribution in [0.2, 0.25) is 0 Å². The third kappa shape index (κ3) is 3.48. The summed E-state index contributed by atoms with van der Waals surface area (Å²) in [6, 6.07) is 7.20. The van der Waals surface area contributed by atoms with Crippen molar-refractivity contribution in [3.63, 3.8) is 0 Å². The second kappa shape index (κ2) is 6.83. The van der Waals surface area contributed by atoms with Crippen molar-refractivity contribution >= 4 is 27.3 Å². The number of thiophene rings is 1. The van der Waals surface area contributed by atoms with E-state index in [0.717, 1.165) is 17.4 Å². The first kappa shape index (κ1) is 15.7. The molecule has 108 valence electrons. The Hall–Kier alpha value is -0.710. The molecule has 0 saturated carbocycles. The minimum Gasteiger partial charge on any atom is -0.306 e. The molecule has 2 rings (SSSR count). The summed E-state index contributed by atoms with van der Waals surface area (Å²) in [5.74, 6) is -0.162. The fourth-order valence-electron chi connectivity index (χ4n) is 2.35. The van der Waals surface area contributed by atoms with E-state index in [1.807, 2.05) is 6.07 Å². The summed E-state index contributed by atoms with van der Waals surface area (Å²) >= 11 is 5.20. The lowest BCUT2D eigenvalue weighted by atomic mass is 9.98. The SMILES string of the molecule is CCCNC(c1cc(Br)ccc1F)c1cc(C)sc1C. The van der Waals surface area contributed by atoms with Crippen LogP contribution in [-0.2, 0) is 0 Å². The standard InChI is InChI=1S/C16H19BrFNS/c1-4-7-19-16(13-8-10(2)20-11(13)3)14-9-12(17)5-6-15(14)18/h5-6,8-9,16,19H,4,7H2,1-3H3. The van der Waals surface area contributed by atoms with Crippen molar-refractivity contribution in [3.05, 3.63) is 55.4 Å². The summed E-state index contributed by atoms with van der Waals surface area (Å²) in [6.07, 6.45) is 1.02. The van der Waals surface area contributed by atoms with E-state index in [1.54, 1.807) is 17.4 Å². The van der Waals surface area contributed by atoms with Gasteiger partial charge < -0.3 is 5.32 Å². The Labute approximate surface area is 132 Å². The van der Waals surface area contributed by atoms with E-state index >= 15 is 0 Å². The van der Waals surface area contributed by atoms with Crippen LogP contribution in [-0.4, -0.2) is 6.54 Å². The molecule has 0 saturated heterocycles. The molecule has 1 unspecified atom stereocenters. The second-order valence-electron chi connectivity index (χ2n) is 4.92. The van der Waals surface area contributed by atoms with Gasteiger partial charge in [-0.2, -0.15) is 0 Å². The molecule has 1 nitrogen and oxygen atoms in total. The lowest BCUT2D eigenvalue weighted by Gasteiger charge is -2.20. The third-order valence-electron chi connectivity index (χ3n) is 3.26. The lowest BCUT2D eigenvalue weighted by Crippen LogP contribution is -2.24. The Balaban J connectivity index is 2.46. The zero-order valence-corrected chi connectivity index (χ0v) is 14.4. The van der Waals surface area contributed by atoms with Gasteiger partial charge in [-0.1, -0.05) is 22.9 Å². The van der Waals surface area contributed by atoms with E-state index in [9.17, 15) is 4.39 Å². The topological polar surface area (TPSA) is 12.0 Å². The monoisotopic (exact) mass is 355 g/mol. The van der Waals surface area contributed by atoms with Crippen LogP contribution in [0.15, 0.2) is 28.7 Å². The molecule has 0 bridgehead atoms. The minimum atomic E-state index is -0.162. The fourth-order valence-corrected chi connectivity index (χ4v) is 3.69. The van der Waals surface area contributed by atoms with Crippen LogP contribution in [0.3, 0.4) is 0 Å². The molecule has 20 heavy (non-hydrogen) atoms. The van der Waals surface area contributed by atoms with Crippen molar-refractivity contribution < 1.29 is 4.39 Å². The van der Waals surface area contributed by atoms with E-state index in [0.29, 0.717) is 5.56 Å². The lowest BCUT2D eigenvalue weighted by molar-refractivity contribution is 0.546. The van der Waals surface area contributed by atoms with Gasteiger partial charge >= 0.3 is 0 Å². The Morgan fingerprint density at radius 3 is 2.60 bits per heavy atom. The Bertz CT molecular complexity index is 594. The summed E-state index contributed by atoms with van der Waals surface area (Å²) in [4.78, 5) is 2.51. The van der Waals surface area contributed by atoms with Gasteiger partial charge in [-0.15, -0.1) is 11.3 Å². The van der Waals surface area contributed by atoms with E-state index in [1.165, 1.54) is 21.4 Å². The molecule has 0 radical (unpaired) electrons. The molecular formula is C16H19BrFNS. The number of nitrogens with one attached hydrogen (secondary N) is 1. The number of benzene rings is 1. The average molecular weight is 356 g/mol. The van der Waals surface area contributed by atoms with Crippen molar-refractivity contribution in [3.8, 4) is 0 Å². The van der Waals surface area contributed by atoms with Crippen LogP contribution >= 0.6 is 27.3 Å². The number of hydrogen-bond acceptors (Lipinski definition) is 2. The summed E-state index contributed by atoms with van der Waals surface area (Å²) in [5.41, 5.74) is 1.88. The van der Waals surface area contributed by atoms with Gasteiger partial charge in [0, 0.05) is 19.8 Å². The molecule has 0 aliphatic carbocycles. The number of aryl methyl sites for hydroxylation is 2. The molecule has 1 atom stereocenters. The van der Waals surface area contributed by atoms with Gasteiger partial charge in [-0.25, -0.2) is 4.39 Å². The van der Waals surface area contributed by atoms with Crippen molar-refractivity contribution in [2.45, 2.75) is 33.2 Å². The van der Waals surface area contributed by atoms with Crippen LogP contribution in [0.4, 0.5) is 4.39 Å². The third-order valence-corrected chi connectivity index (χ3v) is 4.73. The molecular weight excluding hydrogens is 337 g/mol. The van der Waals surface area contributed by atoms with Gasteiger partial charge in [-0.05, 0) is 56.6 Å². The molecule has 0 amide bonds. The molecule has 1 aromatic heterocycles. The van der Waals surface area contributed by atoms with Gasteiger partial charge in [0.25, 0.3) is 0 Å². The molecule has 2 aromatic rings. The zero-order valence-electron chi connectivity index (χ0n) is 12.0. The number of hydrogen-bond donors (Lipinski definition) is 1. The maximum Gasteiger partial charge on any atom is 0.128 e. The van der Waals surface area contributed by atoms with Crippen LogP contribution in [0.5, 0.6) is 0 Å². The number of rotatable bonds is 5. The van der Waals surface area contributed by atoms with E-state index in [4.69, 9.17) is 0 Å². The maximum absolute atomic E-state index is 14.2. The zero-order chi connectivity index (χ0) is 14.7. The predicted octanol–water partition coefficient (Wildman–Crippen LogP) is 5.36. The van der Waals surface area contributed by atoms with Crippen LogP contribution in [0.25, 0.3) is 0 Å². The van der Waals surface area contributed by atoms with Crippen molar-refractivity contribution in [1.29, 1.82) is 0 Å². The number of halogens is 2.